The van der Waals surface area contributed by atoms with Gasteiger partial charge in [0.25, 0.3) is 0 Å². The van der Waals surface area contributed by atoms with Crippen LogP contribution in [0, 0.1) is 11.3 Å². The van der Waals surface area contributed by atoms with E-state index < -0.39 is 36.0 Å². The normalized spacial score (nSPS) is 24.8. The van der Waals surface area contributed by atoms with Gasteiger partial charge in [-0.3, -0.25) is 14.5 Å². The van der Waals surface area contributed by atoms with Crippen LogP contribution >= 0.6 is 0 Å². The molecule has 1 aliphatic rings. The lowest BCUT2D eigenvalue weighted by molar-refractivity contribution is -0.148. The van der Waals surface area contributed by atoms with Crippen molar-refractivity contribution >= 4 is 23.4 Å². The number of anilines is 1. The SMILES string of the molecule is CCCCCOC(=O)Nc1nncn2c([C@]3(C#N)O[C@H](COC(C)=O)[C@@H](O)[C@H]3O)ccc12. The van der Waals surface area contributed by atoms with E-state index >= 15 is 0 Å². The van der Waals surface area contributed by atoms with Crippen LogP contribution in [0.25, 0.3) is 5.52 Å². The first kappa shape index (κ1) is 23.4. The predicted octanol–water partition coefficient (Wildman–Crippen LogP) is 0.871. The maximum absolute atomic E-state index is 12.1. The van der Waals surface area contributed by atoms with Crippen LogP contribution in [-0.2, 0) is 24.6 Å². The highest BCUT2D eigenvalue weighted by Crippen LogP contribution is 2.40. The Morgan fingerprint density at radius 3 is 2.81 bits per heavy atom. The monoisotopic (exact) mass is 447 g/mol. The Balaban J connectivity index is 1.86. The first-order valence-corrected chi connectivity index (χ1v) is 10.2. The molecule has 0 unspecified atom stereocenters. The Labute approximate surface area is 183 Å². The Hall–Kier alpha value is -3.27. The second-order valence-corrected chi connectivity index (χ2v) is 7.36. The Bertz CT molecular complexity index is 1020. The minimum absolute atomic E-state index is 0.0804. The molecule has 0 aromatic carbocycles. The molecule has 3 N–H and O–H groups in total. The molecular formula is C20H25N5O7. The molecule has 1 fully saturated rings. The van der Waals surface area contributed by atoms with Crippen LogP contribution in [0.3, 0.4) is 0 Å². The van der Waals surface area contributed by atoms with Crippen molar-refractivity contribution in [3.05, 3.63) is 24.2 Å². The molecule has 2 aromatic rings. The summed E-state index contributed by atoms with van der Waals surface area (Å²) in [6, 6.07) is 4.96. The molecule has 12 nitrogen and oxygen atoms in total. The molecule has 1 saturated heterocycles. The van der Waals surface area contributed by atoms with E-state index in [0.29, 0.717) is 5.52 Å². The highest BCUT2D eigenvalue weighted by atomic mass is 16.6. The number of aliphatic hydroxyl groups is 2. The van der Waals surface area contributed by atoms with Gasteiger partial charge in [0.15, 0.2) is 5.82 Å². The lowest BCUT2D eigenvalue weighted by Gasteiger charge is -2.24. The van der Waals surface area contributed by atoms with Gasteiger partial charge in [-0.25, -0.2) is 4.79 Å². The van der Waals surface area contributed by atoms with Gasteiger partial charge >= 0.3 is 12.1 Å². The van der Waals surface area contributed by atoms with Crippen LogP contribution in [0.4, 0.5) is 10.6 Å². The summed E-state index contributed by atoms with van der Waals surface area (Å²) >= 11 is 0. The minimum Gasteiger partial charge on any atom is -0.463 e. The van der Waals surface area contributed by atoms with Crippen LogP contribution in [0.5, 0.6) is 0 Å². The molecule has 1 aliphatic heterocycles. The summed E-state index contributed by atoms with van der Waals surface area (Å²) in [5, 5.41) is 41.2. The number of ether oxygens (including phenoxy) is 3. The Morgan fingerprint density at radius 1 is 1.34 bits per heavy atom. The van der Waals surface area contributed by atoms with E-state index in [1.165, 1.54) is 23.7 Å². The highest BCUT2D eigenvalue weighted by molar-refractivity contribution is 5.88. The summed E-state index contributed by atoms with van der Waals surface area (Å²) in [4.78, 5) is 23.2. The fourth-order valence-electron chi connectivity index (χ4n) is 3.51. The van der Waals surface area contributed by atoms with Crippen LogP contribution in [-0.4, -0.2) is 68.4 Å². The van der Waals surface area contributed by atoms with Crippen molar-refractivity contribution in [1.82, 2.24) is 14.6 Å². The number of hydrogen-bond donors (Lipinski definition) is 3. The third kappa shape index (κ3) is 4.50. The molecular weight excluding hydrogens is 422 g/mol. The molecule has 3 rings (SSSR count). The molecule has 0 aliphatic carbocycles. The smallest absolute Gasteiger partial charge is 0.412 e. The van der Waals surface area contributed by atoms with E-state index in [-0.39, 0.29) is 24.7 Å². The van der Waals surface area contributed by atoms with Gasteiger partial charge < -0.3 is 24.4 Å². The number of nitrogens with zero attached hydrogens (tertiary/aromatic N) is 4. The van der Waals surface area contributed by atoms with Crippen molar-refractivity contribution in [3.8, 4) is 6.07 Å². The average molecular weight is 447 g/mol. The van der Waals surface area contributed by atoms with Crippen LogP contribution < -0.4 is 5.32 Å². The second kappa shape index (κ2) is 9.90. The molecule has 12 heteroatoms. The van der Waals surface area contributed by atoms with Gasteiger partial charge in [-0.2, -0.15) is 5.26 Å². The molecule has 1 amide bonds. The summed E-state index contributed by atoms with van der Waals surface area (Å²) in [7, 11) is 0. The predicted molar refractivity (Wildman–Crippen MR) is 108 cm³/mol. The van der Waals surface area contributed by atoms with Crippen LogP contribution in [0.15, 0.2) is 18.5 Å². The number of esters is 1. The zero-order chi connectivity index (χ0) is 23.3. The third-order valence-corrected chi connectivity index (χ3v) is 5.14. The Kier molecular flexibility index (Phi) is 7.24. The molecule has 2 aromatic heterocycles. The van der Waals surface area contributed by atoms with E-state index in [2.05, 4.69) is 15.5 Å². The fourth-order valence-corrected chi connectivity index (χ4v) is 3.51. The first-order valence-electron chi connectivity index (χ1n) is 10.2. The van der Waals surface area contributed by atoms with Gasteiger partial charge in [0.1, 0.15) is 37.3 Å². The number of carbonyl (C=O) groups excluding carboxylic acids is 2. The number of aliphatic hydroxyl groups excluding tert-OH is 2. The number of nitriles is 1. The second-order valence-electron chi connectivity index (χ2n) is 7.36. The number of fused-ring (bicyclic) bond motifs is 1. The van der Waals surface area contributed by atoms with Gasteiger partial charge in [0.05, 0.1) is 17.8 Å². The number of nitrogens with one attached hydrogen (secondary N) is 1. The average Bonchev–Trinajstić information content (AvgIpc) is 3.31. The van der Waals surface area contributed by atoms with E-state index in [4.69, 9.17) is 14.2 Å². The summed E-state index contributed by atoms with van der Waals surface area (Å²) in [6.45, 7) is 3.16. The van der Waals surface area contributed by atoms with Crippen molar-refractivity contribution < 1.29 is 34.0 Å². The highest BCUT2D eigenvalue weighted by Gasteiger charge is 2.57. The van der Waals surface area contributed by atoms with Crippen molar-refractivity contribution in [2.45, 2.75) is 57.0 Å². The molecule has 0 bridgehead atoms. The number of unbranched alkanes of at least 4 members (excludes halogenated alkanes) is 2. The first-order chi connectivity index (χ1) is 15.3. The van der Waals surface area contributed by atoms with E-state index in [1.54, 1.807) is 6.07 Å². The van der Waals surface area contributed by atoms with Crippen LogP contribution in [0.2, 0.25) is 0 Å². The van der Waals surface area contributed by atoms with Crippen molar-refractivity contribution in [2.24, 2.45) is 0 Å². The maximum atomic E-state index is 12.1. The van der Waals surface area contributed by atoms with E-state index in [1.807, 2.05) is 13.0 Å². The number of aromatic nitrogens is 3. The molecule has 0 radical (unpaired) electrons. The topological polar surface area (TPSA) is 168 Å². The van der Waals surface area contributed by atoms with Crippen molar-refractivity contribution in [1.29, 1.82) is 5.26 Å². The van der Waals surface area contributed by atoms with Crippen LogP contribution in [0.1, 0.15) is 38.8 Å². The standard InChI is InChI=1S/C20H25N5O7/c1-3-4-5-8-30-19(29)23-18-13-6-7-15(25(13)11-22-24-18)20(10-21)17(28)16(27)14(32-20)9-31-12(2)26/h6-7,11,14,16-17,27-28H,3-5,8-9H2,1-2H3,(H,23,24,29)/t14-,16-,17-,20+/m1/s1. The van der Waals surface area contributed by atoms with Gasteiger partial charge in [0, 0.05) is 6.92 Å². The largest absolute Gasteiger partial charge is 0.463 e. The number of amides is 1. The zero-order valence-corrected chi connectivity index (χ0v) is 17.7. The summed E-state index contributed by atoms with van der Waals surface area (Å²) in [5.41, 5.74) is -1.46. The zero-order valence-electron chi connectivity index (χ0n) is 17.7. The Morgan fingerprint density at radius 2 is 2.12 bits per heavy atom. The molecule has 32 heavy (non-hydrogen) atoms. The van der Waals surface area contributed by atoms with Gasteiger partial charge in [-0.1, -0.05) is 19.8 Å². The number of hydrogen-bond acceptors (Lipinski definition) is 10. The van der Waals surface area contributed by atoms with Gasteiger partial charge in [-0.15, -0.1) is 10.2 Å². The molecule has 4 atom stereocenters. The number of rotatable bonds is 8. The lowest BCUT2D eigenvalue weighted by atomic mass is 9.92. The molecule has 0 spiro atoms. The van der Waals surface area contributed by atoms with Gasteiger partial charge in [0.2, 0.25) is 5.60 Å². The number of carbonyl (C=O) groups is 2. The molecule has 0 saturated carbocycles. The summed E-state index contributed by atoms with van der Waals surface area (Å²) in [5.74, 6) is -0.512. The van der Waals surface area contributed by atoms with Crippen molar-refractivity contribution in [3.63, 3.8) is 0 Å². The summed E-state index contributed by atoms with van der Waals surface area (Å²) in [6.07, 6.45) is -0.986. The van der Waals surface area contributed by atoms with E-state index in [0.717, 1.165) is 19.3 Å². The van der Waals surface area contributed by atoms with Gasteiger partial charge in [-0.05, 0) is 18.6 Å². The minimum atomic E-state index is -1.97. The fraction of sp³-hybridized carbons (Fsp3) is 0.550. The van der Waals surface area contributed by atoms with Crippen molar-refractivity contribution in [2.75, 3.05) is 18.5 Å². The lowest BCUT2D eigenvalue weighted by Crippen LogP contribution is -2.40. The van der Waals surface area contributed by atoms with E-state index in [9.17, 15) is 25.1 Å². The molecule has 3 heterocycles. The maximum Gasteiger partial charge on any atom is 0.412 e. The third-order valence-electron chi connectivity index (χ3n) is 5.14. The summed E-state index contributed by atoms with van der Waals surface area (Å²) < 4.78 is 17.1. The molecule has 172 valence electrons. The quantitative estimate of drug-likeness (QED) is 0.390.